The number of nitrogens with zero attached hydrogens (tertiary/aromatic N) is 1. The lowest BCUT2D eigenvalue weighted by atomic mass is 10.2. The van der Waals surface area contributed by atoms with Crippen LogP contribution in [0, 0.1) is 0 Å². The molecule has 0 amide bonds. The highest BCUT2D eigenvalue weighted by Crippen LogP contribution is 2.14. The van der Waals surface area contributed by atoms with E-state index in [-0.39, 0.29) is 6.61 Å². The molecule has 1 aromatic rings. The predicted octanol–water partition coefficient (Wildman–Crippen LogP) is 2.39. The fraction of sp³-hybridized carbons (Fsp3) is 0.500. The summed E-state index contributed by atoms with van der Waals surface area (Å²) in [6.07, 6.45) is 4.49. The highest BCUT2D eigenvalue weighted by molar-refractivity contribution is 9.10. The molecule has 1 aromatic heterocycles. The highest BCUT2D eigenvalue weighted by Gasteiger charge is 1.95. The molecule has 0 aliphatic heterocycles. The minimum absolute atomic E-state index is 0.259. The zero-order chi connectivity index (χ0) is 10.2. The van der Waals surface area contributed by atoms with Crippen molar-refractivity contribution >= 4 is 15.9 Å². The van der Waals surface area contributed by atoms with E-state index in [1.807, 2.05) is 12.1 Å². The number of ether oxygens (including phenoxy) is 1. The molecule has 1 heterocycles. The Morgan fingerprint density at radius 2 is 2.21 bits per heavy atom. The Morgan fingerprint density at radius 3 is 2.93 bits per heavy atom. The van der Waals surface area contributed by atoms with Gasteiger partial charge in [-0.3, -0.25) is 0 Å². The maximum Gasteiger partial charge on any atom is 0.214 e. The van der Waals surface area contributed by atoms with Crippen molar-refractivity contribution in [3.8, 4) is 5.88 Å². The Morgan fingerprint density at radius 1 is 1.36 bits per heavy atom. The van der Waals surface area contributed by atoms with Gasteiger partial charge in [-0.05, 0) is 25.3 Å². The second kappa shape index (κ2) is 6.79. The first-order valence-electron chi connectivity index (χ1n) is 4.68. The van der Waals surface area contributed by atoms with Crippen molar-refractivity contribution in [3.05, 3.63) is 22.8 Å². The van der Waals surface area contributed by atoms with Crippen LogP contribution in [-0.4, -0.2) is 23.3 Å². The van der Waals surface area contributed by atoms with Crippen molar-refractivity contribution in [2.75, 3.05) is 13.2 Å². The average Bonchev–Trinajstić information content (AvgIpc) is 2.18. The number of unbranched alkanes of at least 4 members (excludes halogenated alkanes) is 2. The van der Waals surface area contributed by atoms with Gasteiger partial charge in [-0.15, -0.1) is 0 Å². The summed E-state index contributed by atoms with van der Waals surface area (Å²) in [7, 11) is 0. The molecule has 4 heteroatoms. The number of aliphatic hydroxyl groups excluding tert-OH is 1. The van der Waals surface area contributed by atoms with Crippen LogP contribution in [-0.2, 0) is 0 Å². The molecular weight excluding hydrogens is 246 g/mol. The second-order valence-corrected chi connectivity index (χ2v) is 3.86. The lowest BCUT2D eigenvalue weighted by molar-refractivity contribution is 0.262. The molecule has 0 saturated carbocycles. The standard InChI is InChI=1S/C10H14BrNO2/c11-9-4-5-12-10(8-9)14-7-3-1-2-6-13/h4-5,8,13H,1-3,6-7H2. The molecule has 0 radical (unpaired) electrons. The van der Waals surface area contributed by atoms with Gasteiger partial charge in [-0.1, -0.05) is 15.9 Å². The molecule has 0 aromatic carbocycles. The lowest BCUT2D eigenvalue weighted by Gasteiger charge is -2.04. The molecule has 0 atom stereocenters. The summed E-state index contributed by atoms with van der Waals surface area (Å²) >= 11 is 3.34. The molecule has 0 bridgehead atoms. The minimum Gasteiger partial charge on any atom is -0.478 e. The summed E-state index contributed by atoms with van der Waals surface area (Å²) in [6.45, 7) is 0.915. The number of halogens is 1. The number of hydrogen-bond donors (Lipinski definition) is 1. The predicted molar refractivity (Wildman–Crippen MR) is 58.4 cm³/mol. The maximum absolute atomic E-state index is 8.56. The number of hydrogen-bond acceptors (Lipinski definition) is 3. The fourth-order valence-electron chi connectivity index (χ4n) is 1.03. The zero-order valence-corrected chi connectivity index (χ0v) is 9.53. The molecule has 0 fully saturated rings. The van der Waals surface area contributed by atoms with Crippen LogP contribution in [0.2, 0.25) is 0 Å². The topological polar surface area (TPSA) is 42.4 Å². The second-order valence-electron chi connectivity index (χ2n) is 2.95. The molecular formula is C10H14BrNO2. The van der Waals surface area contributed by atoms with Gasteiger partial charge >= 0.3 is 0 Å². The molecule has 78 valence electrons. The summed E-state index contributed by atoms with van der Waals surface area (Å²) in [6, 6.07) is 3.70. The largest absolute Gasteiger partial charge is 0.478 e. The van der Waals surface area contributed by atoms with Crippen LogP contribution in [0.25, 0.3) is 0 Å². The van der Waals surface area contributed by atoms with E-state index in [4.69, 9.17) is 9.84 Å². The van der Waals surface area contributed by atoms with Gasteiger partial charge in [0, 0.05) is 23.3 Å². The van der Waals surface area contributed by atoms with Crippen molar-refractivity contribution in [1.29, 1.82) is 0 Å². The molecule has 0 unspecified atom stereocenters. The number of rotatable bonds is 6. The van der Waals surface area contributed by atoms with E-state index >= 15 is 0 Å². The third-order valence-electron chi connectivity index (χ3n) is 1.75. The lowest BCUT2D eigenvalue weighted by Crippen LogP contribution is -1.99. The molecule has 3 nitrogen and oxygen atoms in total. The molecule has 0 aliphatic carbocycles. The van der Waals surface area contributed by atoms with Gasteiger partial charge in [0.15, 0.2) is 0 Å². The van der Waals surface area contributed by atoms with Gasteiger partial charge in [-0.2, -0.15) is 0 Å². The van der Waals surface area contributed by atoms with Gasteiger partial charge < -0.3 is 9.84 Å². The van der Waals surface area contributed by atoms with Crippen molar-refractivity contribution < 1.29 is 9.84 Å². The Hall–Kier alpha value is -0.610. The SMILES string of the molecule is OCCCCCOc1cc(Br)ccn1. The summed E-state index contributed by atoms with van der Waals surface area (Å²) < 4.78 is 6.38. The minimum atomic E-state index is 0.259. The third-order valence-corrected chi connectivity index (χ3v) is 2.24. The maximum atomic E-state index is 8.56. The van der Waals surface area contributed by atoms with E-state index in [9.17, 15) is 0 Å². The summed E-state index contributed by atoms with van der Waals surface area (Å²) in [5, 5.41) is 8.56. The first-order chi connectivity index (χ1) is 6.83. The Kier molecular flexibility index (Phi) is 5.56. The van der Waals surface area contributed by atoms with Crippen LogP contribution in [0.15, 0.2) is 22.8 Å². The van der Waals surface area contributed by atoms with Gasteiger partial charge in [0.1, 0.15) is 0 Å². The molecule has 1 rings (SSSR count). The van der Waals surface area contributed by atoms with E-state index in [0.29, 0.717) is 12.5 Å². The Labute approximate surface area is 92.3 Å². The zero-order valence-electron chi connectivity index (χ0n) is 7.95. The van der Waals surface area contributed by atoms with E-state index in [2.05, 4.69) is 20.9 Å². The normalized spacial score (nSPS) is 10.1. The highest BCUT2D eigenvalue weighted by atomic mass is 79.9. The van der Waals surface area contributed by atoms with Crippen molar-refractivity contribution in [1.82, 2.24) is 4.98 Å². The number of pyridine rings is 1. The molecule has 0 spiro atoms. The van der Waals surface area contributed by atoms with Crippen LogP contribution >= 0.6 is 15.9 Å². The van der Waals surface area contributed by atoms with Crippen LogP contribution in [0.4, 0.5) is 0 Å². The number of aromatic nitrogens is 1. The van der Waals surface area contributed by atoms with E-state index in [1.165, 1.54) is 0 Å². The first-order valence-corrected chi connectivity index (χ1v) is 5.47. The quantitative estimate of drug-likeness (QED) is 0.798. The first kappa shape index (κ1) is 11.5. The molecule has 0 aliphatic rings. The van der Waals surface area contributed by atoms with Crippen LogP contribution < -0.4 is 4.74 Å². The van der Waals surface area contributed by atoms with E-state index in [1.54, 1.807) is 6.20 Å². The van der Waals surface area contributed by atoms with Gasteiger partial charge in [0.2, 0.25) is 5.88 Å². The van der Waals surface area contributed by atoms with Crippen LogP contribution in [0.3, 0.4) is 0 Å². The van der Waals surface area contributed by atoms with Crippen LogP contribution in [0.5, 0.6) is 5.88 Å². The van der Waals surface area contributed by atoms with Gasteiger partial charge in [0.05, 0.1) is 6.61 Å². The third kappa shape index (κ3) is 4.58. The fourth-order valence-corrected chi connectivity index (χ4v) is 1.35. The van der Waals surface area contributed by atoms with Crippen molar-refractivity contribution in [2.24, 2.45) is 0 Å². The molecule has 0 saturated heterocycles. The average molecular weight is 260 g/mol. The summed E-state index contributed by atoms with van der Waals surface area (Å²) in [5.41, 5.74) is 0. The van der Waals surface area contributed by atoms with Crippen molar-refractivity contribution in [3.63, 3.8) is 0 Å². The smallest absolute Gasteiger partial charge is 0.214 e. The monoisotopic (exact) mass is 259 g/mol. The van der Waals surface area contributed by atoms with Crippen molar-refractivity contribution in [2.45, 2.75) is 19.3 Å². The molecule has 1 N–H and O–H groups in total. The van der Waals surface area contributed by atoms with Crippen LogP contribution in [0.1, 0.15) is 19.3 Å². The molecule has 14 heavy (non-hydrogen) atoms. The van der Waals surface area contributed by atoms with Gasteiger partial charge in [0.25, 0.3) is 0 Å². The van der Waals surface area contributed by atoms with Gasteiger partial charge in [-0.25, -0.2) is 4.98 Å². The number of aliphatic hydroxyl groups is 1. The van der Waals surface area contributed by atoms with E-state index < -0.39 is 0 Å². The van der Waals surface area contributed by atoms with E-state index in [0.717, 1.165) is 23.7 Å². The Bertz CT molecular complexity index is 268. The summed E-state index contributed by atoms with van der Waals surface area (Å²) in [5.74, 6) is 0.642. The summed E-state index contributed by atoms with van der Waals surface area (Å²) in [4.78, 5) is 4.06. The Balaban J connectivity index is 2.18.